The molecule has 0 aliphatic heterocycles. The summed E-state index contributed by atoms with van der Waals surface area (Å²) < 4.78 is 0. The van der Waals surface area contributed by atoms with Crippen molar-refractivity contribution in [2.24, 2.45) is 11.8 Å². The van der Waals surface area contributed by atoms with Crippen molar-refractivity contribution in [3.63, 3.8) is 0 Å². The number of nitrogens with one attached hydrogen (secondary N) is 2. The second-order valence-electron chi connectivity index (χ2n) is 4.92. The molecule has 4 nitrogen and oxygen atoms in total. The van der Waals surface area contributed by atoms with E-state index in [9.17, 15) is 9.59 Å². The smallest absolute Gasteiger partial charge is 0.253 e. The molecule has 1 aromatic rings. The maximum atomic E-state index is 11.4. The monoisotopic (exact) mass is 236 g/mol. The van der Waals surface area contributed by atoms with Crippen molar-refractivity contribution in [1.29, 1.82) is 0 Å². The molecule has 1 atom stereocenters. The Morgan fingerprint density at radius 2 is 1.71 bits per heavy atom. The number of anilines is 2. The van der Waals surface area contributed by atoms with Crippen LogP contribution in [-0.2, 0) is 0 Å². The van der Waals surface area contributed by atoms with Crippen LogP contribution >= 0.6 is 0 Å². The van der Waals surface area contributed by atoms with Crippen molar-refractivity contribution in [3.05, 3.63) is 32.7 Å². The normalized spacial score (nSPS) is 12.8. The van der Waals surface area contributed by atoms with Gasteiger partial charge in [-0.3, -0.25) is 9.59 Å². The number of hydrogen-bond donors (Lipinski definition) is 2. The second-order valence-corrected chi connectivity index (χ2v) is 4.92. The van der Waals surface area contributed by atoms with E-state index in [1.165, 1.54) is 0 Å². The molecule has 1 aromatic carbocycles. The van der Waals surface area contributed by atoms with Gasteiger partial charge < -0.3 is 10.6 Å². The van der Waals surface area contributed by atoms with Gasteiger partial charge in [-0.15, -0.1) is 0 Å². The maximum absolute atomic E-state index is 11.4. The molecule has 0 saturated carbocycles. The van der Waals surface area contributed by atoms with Crippen LogP contribution in [0.1, 0.15) is 27.7 Å². The van der Waals surface area contributed by atoms with E-state index in [4.69, 9.17) is 0 Å². The first-order valence-electron chi connectivity index (χ1n) is 5.84. The Balaban J connectivity index is 2.72. The molecule has 0 bridgehead atoms. The molecule has 0 saturated heterocycles. The molecular formula is C13H20N2O2. The summed E-state index contributed by atoms with van der Waals surface area (Å²) in [4.78, 5) is 22.7. The third kappa shape index (κ3) is 2.96. The summed E-state index contributed by atoms with van der Waals surface area (Å²) in [6.07, 6.45) is 0. The minimum atomic E-state index is -0.465. The van der Waals surface area contributed by atoms with Crippen molar-refractivity contribution in [3.8, 4) is 0 Å². The summed E-state index contributed by atoms with van der Waals surface area (Å²) in [6, 6.07) is 0. The maximum Gasteiger partial charge on any atom is 0.253 e. The van der Waals surface area contributed by atoms with Crippen LogP contribution in [0.2, 0.25) is 0 Å². The highest BCUT2D eigenvalue weighted by Crippen LogP contribution is 2.18. The Hall–Kier alpha value is -1.58. The highest BCUT2D eigenvalue weighted by Gasteiger charge is 2.21. The van der Waals surface area contributed by atoms with Crippen molar-refractivity contribution in [2.45, 2.75) is 27.7 Å². The van der Waals surface area contributed by atoms with Crippen molar-refractivity contribution in [2.75, 3.05) is 17.2 Å². The van der Waals surface area contributed by atoms with Crippen LogP contribution < -0.4 is 21.5 Å². The van der Waals surface area contributed by atoms with Gasteiger partial charge in [-0.05, 0) is 18.8 Å². The Bertz CT molecular complexity index is 482. The molecule has 2 N–H and O–H groups in total. The third-order valence-corrected chi connectivity index (χ3v) is 2.99. The molecular weight excluding hydrogens is 216 g/mol. The Labute approximate surface area is 101 Å². The van der Waals surface area contributed by atoms with Gasteiger partial charge in [0.15, 0.2) is 0 Å². The number of rotatable bonds is 6. The molecule has 4 heteroatoms. The topological polar surface area (TPSA) is 58.2 Å². The fourth-order valence-electron chi connectivity index (χ4n) is 1.39. The second kappa shape index (κ2) is 5.17. The van der Waals surface area contributed by atoms with Gasteiger partial charge in [-0.1, -0.05) is 27.4 Å². The average Bonchev–Trinajstić information content (AvgIpc) is 2.26. The number of allylic oxidation sites excluding steroid dienone is 1. The zero-order valence-corrected chi connectivity index (χ0v) is 10.9. The van der Waals surface area contributed by atoms with E-state index in [0.717, 1.165) is 0 Å². The summed E-state index contributed by atoms with van der Waals surface area (Å²) in [5, 5.41) is 5.86. The first-order chi connectivity index (χ1) is 7.84. The largest absolute Gasteiger partial charge is 0.380 e. The summed E-state index contributed by atoms with van der Waals surface area (Å²) >= 11 is 0. The van der Waals surface area contributed by atoms with Gasteiger partial charge in [-0.2, -0.15) is 0 Å². The standard InChI is InChI=1S/C13H20N2O2/c1-7(2)9(5)6-14-10-11(15-8(3)4)13(17)12(10)16/h7,9,14-15H,3,6H2,1-2,4-5H3. The van der Waals surface area contributed by atoms with E-state index < -0.39 is 10.9 Å². The molecule has 0 heterocycles. The molecule has 0 aliphatic rings. The lowest BCUT2D eigenvalue weighted by molar-refractivity contribution is 0.439. The summed E-state index contributed by atoms with van der Waals surface area (Å²) in [6.45, 7) is 12.5. The van der Waals surface area contributed by atoms with Crippen LogP contribution in [0.25, 0.3) is 0 Å². The Kier molecular flexibility index (Phi) is 4.10. The average molecular weight is 236 g/mol. The molecule has 1 rings (SSSR count). The summed E-state index contributed by atoms with van der Waals surface area (Å²) in [5.41, 5.74) is 0.485. The van der Waals surface area contributed by atoms with Crippen molar-refractivity contribution >= 4 is 11.4 Å². The van der Waals surface area contributed by atoms with Crippen molar-refractivity contribution in [1.82, 2.24) is 0 Å². The van der Waals surface area contributed by atoms with Gasteiger partial charge in [0.1, 0.15) is 11.4 Å². The predicted octanol–water partition coefficient (Wildman–Crippen LogP) is 1.93. The van der Waals surface area contributed by atoms with Crippen LogP contribution in [0.3, 0.4) is 0 Å². The SMILES string of the molecule is C=C(C)Nc1c(NCC(C)C(C)C)c(=O)c1=O. The first kappa shape index (κ1) is 13.5. The van der Waals surface area contributed by atoms with E-state index in [1.54, 1.807) is 6.92 Å². The van der Waals surface area contributed by atoms with Gasteiger partial charge in [0.05, 0.1) is 0 Å². The molecule has 0 radical (unpaired) electrons. The zero-order valence-electron chi connectivity index (χ0n) is 10.9. The summed E-state index contributed by atoms with van der Waals surface area (Å²) in [5.74, 6) is 0.976. The minimum Gasteiger partial charge on any atom is -0.380 e. The Morgan fingerprint density at radius 3 is 2.18 bits per heavy atom. The molecule has 0 fully saturated rings. The third-order valence-electron chi connectivity index (χ3n) is 2.99. The lowest BCUT2D eigenvalue weighted by Crippen LogP contribution is -2.38. The van der Waals surface area contributed by atoms with Crippen LogP contribution in [-0.4, -0.2) is 6.54 Å². The Morgan fingerprint density at radius 1 is 1.18 bits per heavy atom. The quantitative estimate of drug-likeness (QED) is 0.741. The van der Waals surface area contributed by atoms with Gasteiger partial charge in [0, 0.05) is 12.2 Å². The van der Waals surface area contributed by atoms with Crippen LogP contribution in [0, 0.1) is 11.8 Å². The zero-order chi connectivity index (χ0) is 13.2. The van der Waals surface area contributed by atoms with Gasteiger partial charge >= 0.3 is 0 Å². The molecule has 0 aliphatic carbocycles. The van der Waals surface area contributed by atoms with Crippen LogP contribution in [0.5, 0.6) is 0 Å². The van der Waals surface area contributed by atoms with E-state index in [0.29, 0.717) is 35.5 Å². The van der Waals surface area contributed by atoms with Crippen LogP contribution in [0.15, 0.2) is 21.9 Å². The number of hydrogen-bond acceptors (Lipinski definition) is 4. The van der Waals surface area contributed by atoms with E-state index in [-0.39, 0.29) is 0 Å². The van der Waals surface area contributed by atoms with Crippen molar-refractivity contribution < 1.29 is 0 Å². The summed E-state index contributed by atoms with van der Waals surface area (Å²) in [7, 11) is 0. The fraction of sp³-hybridized carbons (Fsp3) is 0.538. The lowest BCUT2D eigenvalue weighted by Gasteiger charge is -2.19. The van der Waals surface area contributed by atoms with Crippen LogP contribution in [0.4, 0.5) is 11.4 Å². The van der Waals surface area contributed by atoms with E-state index >= 15 is 0 Å². The van der Waals surface area contributed by atoms with E-state index in [1.807, 2.05) is 0 Å². The highest BCUT2D eigenvalue weighted by atomic mass is 16.2. The lowest BCUT2D eigenvalue weighted by atomic mass is 9.98. The predicted molar refractivity (Wildman–Crippen MR) is 72.3 cm³/mol. The highest BCUT2D eigenvalue weighted by molar-refractivity contribution is 5.75. The molecule has 0 amide bonds. The molecule has 94 valence electrons. The van der Waals surface area contributed by atoms with Gasteiger partial charge in [0.25, 0.3) is 10.9 Å². The van der Waals surface area contributed by atoms with E-state index in [2.05, 4.69) is 38.0 Å². The fourth-order valence-corrected chi connectivity index (χ4v) is 1.39. The first-order valence-corrected chi connectivity index (χ1v) is 5.84. The van der Waals surface area contributed by atoms with Gasteiger partial charge in [0.2, 0.25) is 0 Å². The molecule has 0 aromatic heterocycles. The molecule has 0 spiro atoms. The molecule has 1 unspecified atom stereocenters. The van der Waals surface area contributed by atoms with Gasteiger partial charge in [-0.25, -0.2) is 0 Å². The minimum absolute atomic E-state index is 0.346. The molecule has 17 heavy (non-hydrogen) atoms.